The van der Waals surface area contributed by atoms with E-state index >= 15 is 0 Å². The molecule has 1 aromatic rings. The molecule has 0 bridgehead atoms. The minimum Gasteiger partial charge on any atom is -0.495 e. The molecule has 3 nitrogen and oxygen atoms in total. The molecule has 1 aliphatic rings. The number of aliphatic hydroxyl groups excluding tert-OH is 1. The lowest BCUT2D eigenvalue weighted by atomic mass is 9.89. The Morgan fingerprint density at radius 2 is 2.27 bits per heavy atom. The Morgan fingerprint density at radius 1 is 1.47 bits per heavy atom. The van der Waals surface area contributed by atoms with Crippen molar-refractivity contribution in [2.75, 3.05) is 12.4 Å². The standard InChI is InChI=1S/C11H14ClNO2/c1-15-11-5-2-7(12)6-9(11)13-8-3-4-10(8)14/h2,5-6,8,10,13-14H,3-4H2,1H3/t8-,10-/m0/s1. The van der Waals surface area contributed by atoms with Gasteiger partial charge in [-0.15, -0.1) is 0 Å². The number of aliphatic hydroxyl groups is 1. The molecule has 82 valence electrons. The molecule has 1 aromatic carbocycles. The van der Waals surface area contributed by atoms with E-state index in [1.165, 1.54) is 0 Å². The second kappa shape index (κ2) is 4.29. The number of benzene rings is 1. The number of anilines is 1. The third kappa shape index (κ3) is 2.19. The minimum absolute atomic E-state index is 0.123. The van der Waals surface area contributed by atoms with Gasteiger partial charge >= 0.3 is 0 Å². The molecular weight excluding hydrogens is 214 g/mol. The van der Waals surface area contributed by atoms with Gasteiger partial charge in [-0.1, -0.05) is 11.6 Å². The lowest BCUT2D eigenvalue weighted by molar-refractivity contribution is 0.0785. The van der Waals surface area contributed by atoms with Gasteiger partial charge in [-0.05, 0) is 31.0 Å². The van der Waals surface area contributed by atoms with Crippen molar-refractivity contribution in [2.45, 2.75) is 25.0 Å². The Morgan fingerprint density at radius 3 is 2.80 bits per heavy atom. The number of methoxy groups -OCH3 is 1. The monoisotopic (exact) mass is 227 g/mol. The molecule has 0 saturated heterocycles. The second-order valence-electron chi connectivity index (χ2n) is 3.74. The maximum atomic E-state index is 9.47. The first-order chi connectivity index (χ1) is 7.20. The highest BCUT2D eigenvalue weighted by Crippen LogP contribution is 2.31. The first-order valence-electron chi connectivity index (χ1n) is 4.99. The molecule has 2 N–H and O–H groups in total. The summed E-state index contributed by atoms with van der Waals surface area (Å²) in [7, 11) is 1.62. The number of rotatable bonds is 3. The Hall–Kier alpha value is -0.930. The van der Waals surface area contributed by atoms with Crippen LogP contribution < -0.4 is 10.1 Å². The fraction of sp³-hybridized carbons (Fsp3) is 0.455. The van der Waals surface area contributed by atoms with Crippen LogP contribution in [-0.4, -0.2) is 24.4 Å². The average molecular weight is 228 g/mol. The van der Waals surface area contributed by atoms with Crippen LogP contribution in [0.25, 0.3) is 0 Å². The van der Waals surface area contributed by atoms with Gasteiger partial charge in [0, 0.05) is 5.02 Å². The molecule has 1 aliphatic carbocycles. The van der Waals surface area contributed by atoms with Crippen LogP contribution in [0.4, 0.5) is 5.69 Å². The van der Waals surface area contributed by atoms with Crippen molar-refractivity contribution in [3.63, 3.8) is 0 Å². The molecule has 0 aromatic heterocycles. The molecule has 0 unspecified atom stereocenters. The van der Waals surface area contributed by atoms with Crippen LogP contribution in [0, 0.1) is 0 Å². The Balaban J connectivity index is 2.14. The largest absolute Gasteiger partial charge is 0.495 e. The topological polar surface area (TPSA) is 41.5 Å². The van der Waals surface area contributed by atoms with Crippen LogP contribution in [0.3, 0.4) is 0 Å². The summed E-state index contributed by atoms with van der Waals surface area (Å²) in [6.45, 7) is 0. The highest BCUT2D eigenvalue weighted by Gasteiger charge is 2.29. The van der Waals surface area contributed by atoms with E-state index in [1.807, 2.05) is 12.1 Å². The fourth-order valence-corrected chi connectivity index (χ4v) is 1.82. The zero-order valence-electron chi connectivity index (χ0n) is 8.53. The molecule has 15 heavy (non-hydrogen) atoms. The van der Waals surface area contributed by atoms with Crippen molar-refractivity contribution in [1.29, 1.82) is 0 Å². The normalized spacial score (nSPS) is 24.5. The lowest BCUT2D eigenvalue weighted by Crippen LogP contribution is -2.42. The number of halogens is 1. The van der Waals surface area contributed by atoms with E-state index in [1.54, 1.807) is 13.2 Å². The number of hydrogen-bond acceptors (Lipinski definition) is 3. The van der Waals surface area contributed by atoms with Crippen LogP contribution in [-0.2, 0) is 0 Å². The zero-order valence-corrected chi connectivity index (χ0v) is 9.29. The van der Waals surface area contributed by atoms with E-state index in [2.05, 4.69) is 5.32 Å². The Bertz CT molecular complexity index is 356. The summed E-state index contributed by atoms with van der Waals surface area (Å²) in [4.78, 5) is 0. The van der Waals surface area contributed by atoms with E-state index in [4.69, 9.17) is 16.3 Å². The third-order valence-electron chi connectivity index (χ3n) is 2.74. The van der Waals surface area contributed by atoms with Crippen LogP contribution in [0.1, 0.15) is 12.8 Å². The number of hydrogen-bond donors (Lipinski definition) is 2. The predicted octanol–water partition coefficient (Wildman–Crippen LogP) is 2.28. The van der Waals surface area contributed by atoms with E-state index in [0.29, 0.717) is 5.02 Å². The first kappa shape index (κ1) is 10.6. The van der Waals surface area contributed by atoms with Crippen LogP contribution in [0.2, 0.25) is 5.02 Å². The third-order valence-corrected chi connectivity index (χ3v) is 2.98. The van der Waals surface area contributed by atoms with Gasteiger partial charge in [0.05, 0.1) is 24.9 Å². The van der Waals surface area contributed by atoms with Crippen molar-refractivity contribution >= 4 is 17.3 Å². The first-order valence-corrected chi connectivity index (χ1v) is 5.36. The number of ether oxygens (including phenoxy) is 1. The summed E-state index contributed by atoms with van der Waals surface area (Å²) >= 11 is 5.90. The maximum Gasteiger partial charge on any atom is 0.142 e. The molecular formula is C11H14ClNO2. The SMILES string of the molecule is COc1ccc(Cl)cc1N[C@H]1CC[C@@H]1O. The van der Waals surface area contributed by atoms with E-state index in [9.17, 15) is 5.11 Å². The van der Waals surface area contributed by atoms with E-state index in [-0.39, 0.29) is 12.1 Å². The van der Waals surface area contributed by atoms with Crippen molar-refractivity contribution in [2.24, 2.45) is 0 Å². The average Bonchev–Trinajstić information content (AvgIpc) is 2.24. The summed E-state index contributed by atoms with van der Waals surface area (Å²) < 4.78 is 5.20. The molecule has 1 saturated carbocycles. The molecule has 0 aliphatic heterocycles. The number of nitrogens with one attached hydrogen (secondary N) is 1. The molecule has 0 heterocycles. The smallest absolute Gasteiger partial charge is 0.142 e. The molecule has 4 heteroatoms. The summed E-state index contributed by atoms with van der Waals surface area (Å²) in [5.41, 5.74) is 0.841. The summed E-state index contributed by atoms with van der Waals surface area (Å²) in [6.07, 6.45) is 1.59. The van der Waals surface area contributed by atoms with E-state index < -0.39 is 0 Å². The van der Waals surface area contributed by atoms with Gasteiger partial charge < -0.3 is 15.2 Å². The van der Waals surface area contributed by atoms with Crippen molar-refractivity contribution < 1.29 is 9.84 Å². The molecule has 2 rings (SSSR count). The van der Waals surface area contributed by atoms with Gasteiger partial charge in [0.25, 0.3) is 0 Å². The predicted molar refractivity (Wildman–Crippen MR) is 60.7 cm³/mol. The highest BCUT2D eigenvalue weighted by atomic mass is 35.5. The summed E-state index contributed by atoms with van der Waals surface area (Å²) in [5.74, 6) is 0.749. The molecule has 0 amide bonds. The van der Waals surface area contributed by atoms with E-state index in [0.717, 1.165) is 24.3 Å². The molecule has 2 atom stereocenters. The summed E-state index contributed by atoms with van der Waals surface area (Å²) in [6, 6.07) is 5.53. The fourth-order valence-electron chi connectivity index (χ4n) is 1.64. The molecule has 1 fully saturated rings. The van der Waals surface area contributed by atoms with Gasteiger partial charge in [-0.2, -0.15) is 0 Å². The maximum absolute atomic E-state index is 9.47. The van der Waals surface area contributed by atoms with Crippen LogP contribution >= 0.6 is 11.6 Å². The minimum atomic E-state index is -0.256. The van der Waals surface area contributed by atoms with Gasteiger partial charge in [-0.3, -0.25) is 0 Å². The van der Waals surface area contributed by atoms with Crippen molar-refractivity contribution in [3.8, 4) is 5.75 Å². The van der Waals surface area contributed by atoms with Crippen LogP contribution in [0.15, 0.2) is 18.2 Å². The van der Waals surface area contributed by atoms with Crippen molar-refractivity contribution in [1.82, 2.24) is 0 Å². The highest BCUT2D eigenvalue weighted by molar-refractivity contribution is 6.30. The quantitative estimate of drug-likeness (QED) is 0.833. The summed E-state index contributed by atoms with van der Waals surface area (Å²) in [5, 5.41) is 13.4. The zero-order chi connectivity index (χ0) is 10.8. The Kier molecular flexibility index (Phi) is 3.03. The van der Waals surface area contributed by atoms with Gasteiger partial charge in [0.1, 0.15) is 5.75 Å². The van der Waals surface area contributed by atoms with Crippen molar-refractivity contribution in [3.05, 3.63) is 23.2 Å². The second-order valence-corrected chi connectivity index (χ2v) is 4.18. The lowest BCUT2D eigenvalue weighted by Gasteiger charge is -2.34. The Labute approximate surface area is 94.0 Å². The van der Waals surface area contributed by atoms with Gasteiger partial charge in [0.2, 0.25) is 0 Å². The van der Waals surface area contributed by atoms with Crippen LogP contribution in [0.5, 0.6) is 5.75 Å². The molecule has 0 spiro atoms. The molecule has 0 radical (unpaired) electrons. The van der Waals surface area contributed by atoms with Gasteiger partial charge in [0.15, 0.2) is 0 Å². The van der Waals surface area contributed by atoms with Gasteiger partial charge in [-0.25, -0.2) is 0 Å².